The lowest BCUT2D eigenvalue weighted by Gasteiger charge is -2.12. The summed E-state index contributed by atoms with van der Waals surface area (Å²) in [7, 11) is 0. The summed E-state index contributed by atoms with van der Waals surface area (Å²) in [5, 5.41) is 4.36. The highest BCUT2D eigenvalue weighted by atomic mass is 19.4. The number of amides is 2. The average Bonchev–Trinajstić information content (AvgIpc) is 2.44. The van der Waals surface area contributed by atoms with Crippen LogP contribution in [0, 0.1) is 0 Å². The fourth-order valence-electron chi connectivity index (χ4n) is 1.57. The minimum absolute atomic E-state index is 0.328. The molecule has 0 fully saturated rings. The van der Waals surface area contributed by atoms with Gasteiger partial charge in [0.2, 0.25) is 5.91 Å². The van der Waals surface area contributed by atoms with Gasteiger partial charge >= 0.3 is 12.1 Å². The second-order valence-electron chi connectivity index (χ2n) is 4.67. The smallest absolute Gasteiger partial charge is 0.344 e. The molecule has 0 heterocycles. The standard InChI is InChI=1S/C15H17F3N2O2/c1-3-10(2)8-13(21)20-12-7-5-4-6-11(12)9-19-14(22)15(16,17)18/h4-8H,3,9H2,1-2H3,(H,19,22)(H,20,21)/b10-8+. The Morgan fingerprint density at radius 2 is 1.86 bits per heavy atom. The van der Waals surface area contributed by atoms with Gasteiger partial charge in [-0.2, -0.15) is 13.2 Å². The molecule has 1 aromatic carbocycles. The molecule has 0 aromatic heterocycles. The lowest BCUT2D eigenvalue weighted by atomic mass is 10.1. The highest BCUT2D eigenvalue weighted by Crippen LogP contribution is 2.18. The molecule has 0 unspecified atom stereocenters. The fraction of sp³-hybridized carbons (Fsp3) is 0.333. The number of hydrogen-bond donors (Lipinski definition) is 2. The zero-order chi connectivity index (χ0) is 16.8. The van der Waals surface area contributed by atoms with Gasteiger partial charge in [0, 0.05) is 18.3 Å². The van der Waals surface area contributed by atoms with E-state index in [2.05, 4.69) is 5.32 Å². The summed E-state index contributed by atoms with van der Waals surface area (Å²) in [5.41, 5.74) is 1.62. The molecule has 0 atom stereocenters. The first-order chi connectivity index (χ1) is 10.2. The molecule has 0 aliphatic rings. The van der Waals surface area contributed by atoms with Gasteiger partial charge < -0.3 is 10.6 Å². The second kappa shape index (κ2) is 7.63. The van der Waals surface area contributed by atoms with Crippen LogP contribution in [-0.4, -0.2) is 18.0 Å². The van der Waals surface area contributed by atoms with Gasteiger partial charge in [-0.05, 0) is 25.0 Å². The third kappa shape index (κ3) is 5.59. The topological polar surface area (TPSA) is 58.2 Å². The van der Waals surface area contributed by atoms with E-state index in [-0.39, 0.29) is 12.5 Å². The first-order valence-corrected chi connectivity index (χ1v) is 6.65. The maximum absolute atomic E-state index is 12.2. The number of rotatable bonds is 5. The summed E-state index contributed by atoms with van der Waals surface area (Å²) in [6.45, 7) is 3.38. The molecule has 0 aliphatic carbocycles. The van der Waals surface area contributed by atoms with Gasteiger partial charge in [0.05, 0.1) is 0 Å². The molecule has 0 spiro atoms. The summed E-state index contributed by atoms with van der Waals surface area (Å²) in [4.78, 5) is 22.6. The molecule has 2 amide bonds. The van der Waals surface area contributed by atoms with Crippen molar-refractivity contribution in [3.05, 3.63) is 41.5 Å². The van der Waals surface area contributed by atoms with Crippen molar-refractivity contribution in [1.29, 1.82) is 0 Å². The number of para-hydroxylation sites is 1. The van der Waals surface area contributed by atoms with Crippen molar-refractivity contribution in [2.24, 2.45) is 0 Å². The number of benzene rings is 1. The molecular formula is C15H17F3N2O2. The van der Waals surface area contributed by atoms with Crippen molar-refractivity contribution in [3.63, 3.8) is 0 Å². The summed E-state index contributed by atoms with van der Waals surface area (Å²) in [6.07, 6.45) is -2.79. The van der Waals surface area contributed by atoms with Crippen molar-refractivity contribution in [2.75, 3.05) is 5.32 Å². The van der Waals surface area contributed by atoms with Crippen LogP contribution in [0.4, 0.5) is 18.9 Å². The van der Waals surface area contributed by atoms with Crippen LogP contribution in [0.1, 0.15) is 25.8 Å². The van der Waals surface area contributed by atoms with Crippen LogP contribution in [0.25, 0.3) is 0 Å². The van der Waals surface area contributed by atoms with Gasteiger partial charge in [0.15, 0.2) is 0 Å². The molecule has 0 bridgehead atoms. The van der Waals surface area contributed by atoms with E-state index in [0.717, 1.165) is 12.0 Å². The monoisotopic (exact) mass is 314 g/mol. The molecule has 1 rings (SSSR count). The zero-order valence-corrected chi connectivity index (χ0v) is 12.3. The Morgan fingerprint density at radius 1 is 1.23 bits per heavy atom. The lowest BCUT2D eigenvalue weighted by Crippen LogP contribution is -2.36. The molecule has 22 heavy (non-hydrogen) atoms. The molecule has 4 nitrogen and oxygen atoms in total. The largest absolute Gasteiger partial charge is 0.471 e. The predicted octanol–water partition coefficient (Wildman–Crippen LogP) is 3.16. The first-order valence-electron chi connectivity index (χ1n) is 6.65. The Kier molecular flexibility index (Phi) is 6.15. The molecular weight excluding hydrogens is 297 g/mol. The van der Waals surface area contributed by atoms with E-state index in [9.17, 15) is 22.8 Å². The summed E-state index contributed by atoms with van der Waals surface area (Å²) in [5.74, 6) is -2.38. The van der Waals surface area contributed by atoms with Crippen LogP contribution in [-0.2, 0) is 16.1 Å². The summed E-state index contributed by atoms with van der Waals surface area (Å²) >= 11 is 0. The molecule has 2 N–H and O–H groups in total. The molecule has 0 aliphatic heterocycles. The number of carbonyl (C=O) groups is 2. The van der Waals surface area contributed by atoms with Crippen molar-refractivity contribution in [2.45, 2.75) is 33.0 Å². The summed E-state index contributed by atoms with van der Waals surface area (Å²) in [6, 6.07) is 6.34. The van der Waals surface area contributed by atoms with Crippen molar-refractivity contribution >= 4 is 17.5 Å². The van der Waals surface area contributed by atoms with E-state index in [0.29, 0.717) is 11.3 Å². The molecule has 1 aromatic rings. The molecule has 120 valence electrons. The Hall–Kier alpha value is -2.31. The quantitative estimate of drug-likeness (QED) is 0.820. The molecule has 0 saturated heterocycles. The SMILES string of the molecule is CC/C(C)=C/C(=O)Nc1ccccc1CNC(=O)C(F)(F)F. The van der Waals surface area contributed by atoms with Gasteiger partial charge in [-0.3, -0.25) is 9.59 Å². The van der Waals surface area contributed by atoms with Crippen LogP contribution in [0.2, 0.25) is 0 Å². The zero-order valence-electron chi connectivity index (χ0n) is 12.3. The predicted molar refractivity (Wildman–Crippen MR) is 77.0 cm³/mol. The van der Waals surface area contributed by atoms with E-state index in [4.69, 9.17) is 0 Å². The number of nitrogens with one attached hydrogen (secondary N) is 2. The number of hydrogen-bond acceptors (Lipinski definition) is 2. The highest BCUT2D eigenvalue weighted by molar-refractivity contribution is 6.00. The lowest BCUT2D eigenvalue weighted by molar-refractivity contribution is -0.173. The highest BCUT2D eigenvalue weighted by Gasteiger charge is 2.38. The third-order valence-electron chi connectivity index (χ3n) is 2.91. The van der Waals surface area contributed by atoms with Crippen LogP contribution >= 0.6 is 0 Å². The third-order valence-corrected chi connectivity index (χ3v) is 2.91. The van der Waals surface area contributed by atoms with Crippen molar-refractivity contribution < 1.29 is 22.8 Å². The van der Waals surface area contributed by atoms with Crippen LogP contribution < -0.4 is 10.6 Å². The fourth-order valence-corrected chi connectivity index (χ4v) is 1.57. The number of halogens is 3. The Morgan fingerprint density at radius 3 is 2.45 bits per heavy atom. The van der Waals surface area contributed by atoms with Crippen LogP contribution in [0.15, 0.2) is 35.9 Å². The van der Waals surface area contributed by atoms with E-state index in [1.165, 1.54) is 12.1 Å². The Balaban J connectivity index is 2.78. The second-order valence-corrected chi connectivity index (χ2v) is 4.67. The maximum atomic E-state index is 12.2. The van der Waals surface area contributed by atoms with E-state index < -0.39 is 12.1 Å². The molecule has 0 radical (unpaired) electrons. The minimum atomic E-state index is -4.93. The molecule has 0 saturated carbocycles. The van der Waals surface area contributed by atoms with Crippen LogP contribution in [0.5, 0.6) is 0 Å². The van der Waals surface area contributed by atoms with Gasteiger partial charge in [0.25, 0.3) is 0 Å². The van der Waals surface area contributed by atoms with Crippen molar-refractivity contribution in [3.8, 4) is 0 Å². The van der Waals surface area contributed by atoms with Crippen LogP contribution in [0.3, 0.4) is 0 Å². The van der Waals surface area contributed by atoms with Crippen molar-refractivity contribution in [1.82, 2.24) is 5.32 Å². The first kappa shape index (κ1) is 17.7. The van der Waals surface area contributed by atoms with E-state index in [1.807, 2.05) is 6.92 Å². The van der Waals surface area contributed by atoms with Gasteiger partial charge in [-0.25, -0.2) is 0 Å². The number of alkyl halides is 3. The Bertz CT molecular complexity index is 580. The van der Waals surface area contributed by atoms with Gasteiger partial charge in [0.1, 0.15) is 0 Å². The number of anilines is 1. The average molecular weight is 314 g/mol. The van der Waals surface area contributed by atoms with E-state index >= 15 is 0 Å². The van der Waals surface area contributed by atoms with Gasteiger partial charge in [-0.15, -0.1) is 0 Å². The number of carbonyl (C=O) groups excluding carboxylic acids is 2. The minimum Gasteiger partial charge on any atom is -0.344 e. The van der Waals surface area contributed by atoms with Gasteiger partial charge in [-0.1, -0.05) is 30.7 Å². The summed E-state index contributed by atoms with van der Waals surface area (Å²) < 4.78 is 36.5. The normalized spacial score (nSPS) is 12.0. The molecule has 7 heteroatoms. The maximum Gasteiger partial charge on any atom is 0.471 e. The Labute approximate surface area is 126 Å². The van der Waals surface area contributed by atoms with E-state index in [1.54, 1.807) is 30.4 Å². The number of allylic oxidation sites excluding steroid dienone is 1.